The zero-order valence-electron chi connectivity index (χ0n) is 17.3. The molecule has 7 heteroatoms. The Morgan fingerprint density at radius 2 is 1.90 bits per heavy atom. The number of nitrogens with one attached hydrogen (secondary N) is 1. The number of anilines is 2. The maximum Gasteiger partial charge on any atom is 0.286 e. The minimum absolute atomic E-state index is 0.0763. The Kier molecular flexibility index (Phi) is 6.07. The van der Waals surface area contributed by atoms with Crippen molar-refractivity contribution in [3.8, 4) is 0 Å². The van der Waals surface area contributed by atoms with Crippen LogP contribution in [0, 0.1) is 6.92 Å². The molecule has 1 amide bonds. The molecule has 3 rings (SSSR count). The molecule has 0 aliphatic carbocycles. The Hall–Kier alpha value is -2.67. The van der Waals surface area contributed by atoms with Gasteiger partial charge in [0.1, 0.15) is 10.7 Å². The predicted molar refractivity (Wildman–Crippen MR) is 118 cm³/mol. The van der Waals surface area contributed by atoms with E-state index >= 15 is 0 Å². The second kappa shape index (κ2) is 8.37. The first-order valence-electron chi connectivity index (χ1n) is 9.91. The SMILES string of the molecule is CCCCN1C(C)=NS(=O)(=O)c2cc(C(=O)Nc3c(C)cccc3CC)ccc21. The summed E-state index contributed by atoms with van der Waals surface area (Å²) >= 11 is 0. The van der Waals surface area contributed by atoms with E-state index in [0.29, 0.717) is 23.6 Å². The molecule has 0 bridgehead atoms. The second-order valence-electron chi connectivity index (χ2n) is 7.22. The lowest BCUT2D eigenvalue weighted by atomic mass is 10.1. The number of para-hydroxylation sites is 1. The lowest BCUT2D eigenvalue weighted by Gasteiger charge is -2.29. The third kappa shape index (κ3) is 4.19. The minimum atomic E-state index is -3.83. The summed E-state index contributed by atoms with van der Waals surface area (Å²) in [6.45, 7) is 8.43. The zero-order chi connectivity index (χ0) is 21.2. The van der Waals surface area contributed by atoms with Gasteiger partial charge >= 0.3 is 0 Å². The van der Waals surface area contributed by atoms with Crippen LogP contribution in [0.2, 0.25) is 0 Å². The number of fused-ring (bicyclic) bond motifs is 1. The third-order valence-electron chi connectivity index (χ3n) is 5.15. The molecule has 2 aromatic rings. The Morgan fingerprint density at radius 3 is 2.59 bits per heavy atom. The van der Waals surface area contributed by atoms with Crippen LogP contribution in [-0.4, -0.2) is 26.7 Å². The third-order valence-corrected chi connectivity index (χ3v) is 6.53. The van der Waals surface area contributed by atoms with Crippen molar-refractivity contribution in [3.63, 3.8) is 0 Å². The highest BCUT2D eigenvalue weighted by atomic mass is 32.2. The molecule has 0 fully saturated rings. The summed E-state index contributed by atoms with van der Waals surface area (Å²) < 4.78 is 29.2. The maximum atomic E-state index is 12.9. The highest BCUT2D eigenvalue weighted by molar-refractivity contribution is 7.90. The van der Waals surface area contributed by atoms with Gasteiger partial charge in [0.15, 0.2) is 0 Å². The summed E-state index contributed by atoms with van der Waals surface area (Å²) in [7, 11) is -3.83. The Morgan fingerprint density at radius 1 is 1.14 bits per heavy atom. The number of hydrogen-bond acceptors (Lipinski definition) is 4. The second-order valence-corrected chi connectivity index (χ2v) is 8.79. The Bertz CT molecular complexity index is 1070. The first kappa shape index (κ1) is 21.0. The van der Waals surface area contributed by atoms with Crippen LogP contribution in [0.15, 0.2) is 45.7 Å². The van der Waals surface area contributed by atoms with E-state index in [1.165, 1.54) is 6.07 Å². The van der Waals surface area contributed by atoms with Crippen LogP contribution in [0.4, 0.5) is 11.4 Å². The summed E-state index contributed by atoms with van der Waals surface area (Å²) in [6.07, 6.45) is 2.69. The number of sulfonamides is 1. The summed E-state index contributed by atoms with van der Waals surface area (Å²) in [5.41, 5.74) is 3.65. The summed E-state index contributed by atoms with van der Waals surface area (Å²) in [6, 6.07) is 10.7. The number of aryl methyl sites for hydroxylation is 2. The van der Waals surface area contributed by atoms with E-state index in [4.69, 9.17) is 0 Å². The normalized spacial score (nSPS) is 14.9. The molecule has 0 aromatic heterocycles. The van der Waals surface area contributed by atoms with Crippen molar-refractivity contribution in [3.05, 3.63) is 53.1 Å². The summed E-state index contributed by atoms with van der Waals surface area (Å²) in [5.74, 6) is 0.119. The van der Waals surface area contributed by atoms with Gasteiger partial charge in [0.2, 0.25) is 0 Å². The molecule has 0 radical (unpaired) electrons. The average Bonchev–Trinajstić information content (AvgIpc) is 2.68. The maximum absolute atomic E-state index is 12.9. The van der Waals surface area contributed by atoms with Gasteiger partial charge in [-0.2, -0.15) is 8.42 Å². The van der Waals surface area contributed by atoms with Crippen LogP contribution in [0.25, 0.3) is 0 Å². The van der Waals surface area contributed by atoms with E-state index < -0.39 is 10.0 Å². The van der Waals surface area contributed by atoms with Crippen LogP contribution in [0.3, 0.4) is 0 Å². The number of carbonyl (C=O) groups excluding carboxylic acids is 1. The van der Waals surface area contributed by atoms with Crippen LogP contribution in [0.5, 0.6) is 0 Å². The van der Waals surface area contributed by atoms with Gasteiger partial charge in [-0.05, 0) is 56.0 Å². The highest BCUT2D eigenvalue weighted by Gasteiger charge is 2.29. The number of nitrogens with zero attached hydrogens (tertiary/aromatic N) is 2. The van der Waals surface area contributed by atoms with Gasteiger partial charge in [0, 0.05) is 17.8 Å². The number of hydrogen-bond donors (Lipinski definition) is 1. The number of benzene rings is 2. The fraction of sp³-hybridized carbons (Fsp3) is 0.364. The van der Waals surface area contributed by atoms with E-state index in [9.17, 15) is 13.2 Å². The van der Waals surface area contributed by atoms with E-state index in [-0.39, 0.29) is 10.8 Å². The van der Waals surface area contributed by atoms with Crippen LogP contribution in [0.1, 0.15) is 55.1 Å². The average molecular weight is 414 g/mol. The molecular formula is C22H27N3O3S. The summed E-state index contributed by atoms with van der Waals surface area (Å²) in [5, 5.41) is 2.95. The molecule has 1 heterocycles. The van der Waals surface area contributed by atoms with Crippen molar-refractivity contribution in [2.24, 2.45) is 4.40 Å². The molecular weight excluding hydrogens is 386 g/mol. The van der Waals surface area contributed by atoms with Gasteiger partial charge in [-0.1, -0.05) is 38.5 Å². The number of amides is 1. The predicted octanol–water partition coefficient (Wildman–Crippen LogP) is 4.54. The molecule has 1 N–H and O–H groups in total. The molecule has 1 aliphatic heterocycles. The van der Waals surface area contributed by atoms with Gasteiger partial charge in [-0.3, -0.25) is 4.79 Å². The molecule has 6 nitrogen and oxygen atoms in total. The molecule has 1 aliphatic rings. The molecule has 0 saturated heterocycles. The van der Waals surface area contributed by atoms with Crippen molar-refractivity contribution in [2.45, 2.75) is 51.9 Å². The van der Waals surface area contributed by atoms with Crippen molar-refractivity contribution in [2.75, 3.05) is 16.8 Å². The van der Waals surface area contributed by atoms with Gasteiger partial charge < -0.3 is 10.2 Å². The molecule has 0 unspecified atom stereocenters. The van der Waals surface area contributed by atoms with Crippen LogP contribution >= 0.6 is 0 Å². The summed E-state index contributed by atoms with van der Waals surface area (Å²) in [4.78, 5) is 14.9. The molecule has 29 heavy (non-hydrogen) atoms. The smallest absolute Gasteiger partial charge is 0.286 e. The van der Waals surface area contributed by atoms with E-state index in [1.807, 2.05) is 36.9 Å². The molecule has 0 spiro atoms. The Balaban J connectivity index is 1.98. The number of carbonyl (C=O) groups is 1. The number of amidine groups is 1. The first-order valence-corrected chi connectivity index (χ1v) is 11.4. The van der Waals surface area contributed by atoms with Crippen LogP contribution < -0.4 is 10.2 Å². The number of rotatable bonds is 6. The van der Waals surface area contributed by atoms with Gasteiger partial charge in [0.05, 0.1) is 5.69 Å². The molecule has 2 aromatic carbocycles. The van der Waals surface area contributed by atoms with Gasteiger partial charge in [-0.15, -0.1) is 4.40 Å². The quantitative estimate of drug-likeness (QED) is 0.754. The monoisotopic (exact) mass is 413 g/mol. The molecule has 0 saturated carbocycles. The van der Waals surface area contributed by atoms with Crippen LogP contribution in [-0.2, 0) is 16.4 Å². The standard InChI is InChI=1S/C22H27N3O3S/c1-5-7-13-25-16(4)24-29(27,28)20-14-18(11-12-19(20)25)22(26)23-21-15(3)9-8-10-17(21)6-2/h8-12,14H,5-7,13H2,1-4H3,(H,23,26). The minimum Gasteiger partial charge on any atom is -0.328 e. The van der Waals surface area contributed by atoms with Crippen molar-refractivity contribution < 1.29 is 13.2 Å². The van der Waals surface area contributed by atoms with Gasteiger partial charge in [-0.25, -0.2) is 0 Å². The fourth-order valence-corrected chi connectivity index (χ4v) is 4.78. The van der Waals surface area contributed by atoms with Crippen molar-refractivity contribution in [1.29, 1.82) is 0 Å². The van der Waals surface area contributed by atoms with E-state index in [2.05, 4.69) is 16.6 Å². The largest absolute Gasteiger partial charge is 0.328 e. The fourth-order valence-electron chi connectivity index (χ4n) is 3.52. The van der Waals surface area contributed by atoms with Gasteiger partial charge in [0.25, 0.3) is 15.9 Å². The lowest BCUT2D eigenvalue weighted by Crippen LogP contribution is -2.34. The van der Waals surface area contributed by atoms with Crippen molar-refractivity contribution >= 4 is 33.1 Å². The van der Waals surface area contributed by atoms with Crippen molar-refractivity contribution in [1.82, 2.24) is 0 Å². The first-order chi connectivity index (χ1) is 13.8. The van der Waals surface area contributed by atoms with E-state index in [1.54, 1.807) is 19.1 Å². The zero-order valence-corrected chi connectivity index (χ0v) is 18.1. The Labute approximate surface area is 172 Å². The number of unbranched alkanes of at least 4 members (excludes halogenated alkanes) is 1. The highest BCUT2D eigenvalue weighted by Crippen LogP contribution is 2.33. The molecule has 154 valence electrons. The lowest BCUT2D eigenvalue weighted by molar-refractivity contribution is 0.102. The molecule has 0 atom stereocenters. The van der Waals surface area contributed by atoms with E-state index in [0.717, 1.165) is 36.1 Å². The topological polar surface area (TPSA) is 78.8 Å².